The maximum Gasteiger partial charge on any atom is 0.344 e. The first-order valence-electron chi connectivity index (χ1n) is 7.03. The largest absolute Gasteiger partial charge is 0.479 e. The summed E-state index contributed by atoms with van der Waals surface area (Å²) in [6.45, 7) is 4.10. The van der Waals surface area contributed by atoms with Crippen molar-refractivity contribution in [3.8, 4) is 11.8 Å². The molecule has 0 radical (unpaired) electrons. The minimum Gasteiger partial charge on any atom is -0.479 e. The molecule has 0 aliphatic carbocycles. The zero-order valence-corrected chi connectivity index (χ0v) is 13.3. The van der Waals surface area contributed by atoms with Crippen LogP contribution in [0, 0.1) is 23.1 Å². The number of para-hydroxylation sites is 1. The lowest BCUT2D eigenvalue weighted by molar-refractivity contribution is -0.150. The van der Waals surface area contributed by atoms with E-state index in [1.807, 2.05) is 6.07 Å². The molecule has 0 heterocycles. The van der Waals surface area contributed by atoms with Gasteiger partial charge in [0.2, 0.25) is 0 Å². The minimum absolute atomic E-state index is 0.0780. The standard InChI is InChI=1S/C16H19FN2O4/c1-11(2)16(3,10-18)19-14(20)8-23-15(21)9-22-13-7-5-4-6-12(13)17/h4-7,11H,8-9H2,1-3H3,(H,19,20)/t16-/m0/s1. The van der Waals surface area contributed by atoms with Crippen LogP contribution in [0.2, 0.25) is 0 Å². The number of halogens is 1. The van der Waals surface area contributed by atoms with E-state index in [0.29, 0.717) is 0 Å². The Bertz CT molecular complexity index is 612. The highest BCUT2D eigenvalue weighted by Gasteiger charge is 2.30. The van der Waals surface area contributed by atoms with E-state index in [2.05, 4.69) is 5.32 Å². The second kappa shape index (κ2) is 8.13. The third-order valence-corrected chi connectivity index (χ3v) is 3.33. The number of hydrogen-bond donors (Lipinski definition) is 1. The molecule has 0 aliphatic heterocycles. The fraction of sp³-hybridized carbons (Fsp3) is 0.438. The van der Waals surface area contributed by atoms with Crippen LogP contribution < -0.4 is 10.1 Å². The van der Waals surface area contributed by atoms with Crippen molar-refractivity contribution >= 4 is 11.9 Å². The average Bonchev–Trinajstić information content (AvgIpc) is 2.51. The molecule has 0 saturated carbocycles. The van der Waals surface area contributed by atoms with Gasteiger partial charge < -0.3 is 14.8 Å². The smallest absolute Gasteiger partial charge is 0.344 e. The Hall–Kier alpha value is -2.62. The molecule has 0 aliphatic rings. The lowest BCUT2D eigenvalue weighted by atomic mass is 9.90. The fourth-order valence-corrected chi connectivity index (χ4v) is 1.51. The van der Waals surface area contributed by atoms with Gasteiger partial charge in [0, 0.05) is 0 Å². The average molecular weight is 322 g/mol. The molecular weight excluding hydrogens is 303 g/mol. The van der Waals surface area contributed by atoms with Crippen LogP contribution in [-0.4, -0.2) is 30.6 Å². The summed E-state index contributed by atoms with van der Waals surface area (Å²) in [7, 11) is 0. The summed E-state index contributed by atoms with van der Waals surface area (Å²) < 4.78 is 23.0. The molecule has 23 heavy (non-hydrogen) atoms. The zero-order valence-electron chi connectivity index (χ0n) is 13.3. The van der Waals surface area contributed by atoms with Crippen LogP contribution >= 0.6 is 0 Å². The highest BCUT2D eigenvalue weighted by atomic mass is 19.1. The number of nitrogens with one attached hydrogen (secondary N) is 1. The van der Waals surface area contributed by atoms with E-state index in [4.69, 9.17) is 14.7 Å². The minimum atomic E-state index is -1.05. The normalized spacial score (nSPS) is 12.9. The molecule has 7 heteroatoms. The number of rotatable bonds is 7. The number of nitriles is 1. The van der Waals surface area contributed by atoms with Gasteiger partial charge in [0.05, 0.1) is 6.07 Å². The van der Waals surface area contributed by atoms with Gasteiger partial charge in [-0.25, -0.2) is 9.18 Å². The Morgan fingerprint density at radius 2 is 2.00 bits per heavy atom. The van der Waals surface area contributed by atoms with Crippen molar-refractivity contribution in [2.75, 3.05) is 13.2 Å². The molecule has 1 aromatic carbocycles. The topological polar surface area (TPSA) is 88.4 Å². The van der Waals surface area contributed by atoms with Gasteiger partial charge in [-0.1, -0.05) is 26.0 Å². The second-order valence-corrected chi connectivity index (χ2v) is 5.40. The predicted molar refractivity (Wildman–Crippen MR) is 79.9 cm³/mol. The van der Waals surface area contributed by atoms with E-state index in [9.17, 15) is 14.0 Å². The Kier molecular flexibility index (Phi) is 6.51. The summed E-state index contributed by atoms with van der Waals surface area (Å²) in [6, 6.07) is 7.63. The third-order valence-electron chi connectivity index (χ3n) is 3.33. The number of carbonyl (C=O) groups is 2. The number of benzene rings is 1. The molecule has 1 amide bonds. The molecule has 124 valence electrons. The molecule has 1 atom stereocenters. The van der Waals surface area contributed by atoms with Crippen LogP contribution in [0.3, 0.4) is 0 Å². The first kappa shape index (κ1) is 18.4. The quantitative estimate of drug-likeness (QED) is 0.773. The van der Waals surface area contributed by atoms with Crippen molar-refractivity contribution in [1.29, 1.82) is 5.26 Å². The molecule has 0 bridgehead atoms. The highest BCUT2D eigenvalue weighted by Crippen LogP contribution is 2.16. The second-order valence-electron chi connectivity index (χ2n) is 5.40. The monoisotopic (exact) mass is 322 g/mol. The van der Waals surface area contributed by atoms with Gasteiger partial charge in [0.25, 0.3) is 5.91 Å². The molecule has 0 spiro atoms. The van der Waals surface area contributed by atoms with Crippen molar-refractivity contribution in [1.82, 2.24) is 5.32 Å². The van der Waals surface area contributed by atoms with Gasteiger partial charge in [0.1, 0.15) is 5.54 Å². The van der Waals surface area contributed by atoms with Crippen molar-refractivity contribution < 1.29 is 23.5 Å². The fourth-order valence-electron chi connectivity index (χ4n) is 1.51. The zero-order chi connectivity index (χ0) is 17.5. The molecule has 0 saturated heterocycles. The van der Waals surface area contributed by atoms with Crippen LogP contribution in [0.5, 0.6) is 5.75 Å². The van der Waals surface area contributed by atoms with E-state index < -0.39 is 36.4 Å². The van der Waals surface area contributed by atoms with Gasteiger partial charge in [-0.3, -0.25) is 4.79 Å². The Morgan fingerprint density at radius 1 is 1.35 bits per heavy atom. The molecule has 1 aromatic rings. The third kappa shape index (κ3) is 5.58. The SMILES string of the molecule is CC(C)[C@](C)(C#N)NC(=O)COC(=O)COc1ccccc1F. The van der Waals surface area contributed by atoms with E-state index in [0.717, 1.165) is 0 Å². The van der Waals surface area contributed by atoms with Crippen molar-refractivity contribution in [2.45, 2.75) is 26.3 Å². The summed E-state index contributed by atoms with van der Waals surface area (Å²) in [5, 5.41) is 11.6. The molecule has 6 nitrogen and oxygen atoms in total. The number of ether oxygens (including phenoxy) is 2. The maximum atomic E-state index is 13.3. The summed E-state index contributed by atoms with van der Waals surface area (Å²) in [4.78, 5) is 23.2. The van der Waals surface area contributed by atoms with Crippen molar-refractivity contribution in [3.05, 3.63) is 30.1 Å². The lowest BCUT2D eigenvalue weighted by Gasteiger charge is -2.27. The number of esters is 1. The van der Waals surface area contributed by atoms with Crippen LogP contribution in [0.15, 0.2) is 24.3 Å². The predicted octanol–water partition coefficient (Wildman–Crippen LogP) is 1.80. The van der Waals surface area contributed by atoms with Crippen LogP contribution in [0.25, 0.3) is 0 Å². The molecular formula is C16H19FN2O4. The van der Waals surface area contributed by atoms with E-state index in [-0.39, 0.29) is 11.7 Å². The Labute approximate surface area is 134 Å². The summed E-state index contributed by atoms with van der Waals surface area (Å²) in [5.41, 5.74) is -1.05. The number of carbonyl (C=O) groups excluding carboxylic acids is 2. The van der Waals surface area contributed by atoms with Gasteiger partial charge in [-0.15, -0.1) is 0 Å². The maximum absolute atomic E-state index is 13.3. The van der Waals surface area contributed by atoms with Gasteiger partial charge in [-0.2, -0.15) is 5.26 Å². The van der Waals surface area contributed by atoms with Gasteiger partial charge >= 0.3 is 5.97 Å². The summed E-state index contributed by atoms with van der Waals surface area (Å²) >= 11 is 0. The molecule has 0 fully saturated rings. The molecule has 1 rings (SSSR count). The summed E-state index contributed by atoms with van der Waals surface area (Å²) in [5.74, 6) is -2.20. The molecule has 0 aromatic heterocycles. The van der Waals surface area contributed by atoms with Crippen molar-refractivity contribution in [2.24, 2.45) is 5.92 Å². The number of nitrogens with zero attached hydrogens (tertiary/aromatic N) is 1. The van der Waals surface area contributed by atoms with E-state index in [1.165, 1.54) is 18.2 Å². The summed E-state index contributed by atoms with van der Waals surface area (Å²) in [6.07, 6.45) is 0. The first-order chi connectivity index (χ1) is 10.8. The van der Waals surface area contributed by atoms with Gasteiger partial charge in [-0.05, 0) is 25.0 Å². The highest BCUT2D eigenvalue weighted by molar-refractivity contribution is 5.81. The van der Waals surface area contributed by atoms with Crippen LogP contribution in [0.1, 0.15) is 20.8 Å². The first-order valence-corrected chi connectivity index (χ1v) is 7.03. The Balaban J connectivity index is 2.40. The molecule has 0 unspecified atom stereocenters. The van der Waals surface area contributed by atoms with Crippen LogP contribution in [-0.2, 0) is 14.3 Å². The number of hydrogen-bond acceptors (Lipinski definition) is 5. The lowest BCUT2D eigenvalue weighted by Crippen LogP contribution is -2.50. The molecule has 1 N–H and O–H groups in total. The Morgan fingerprint density at radius 3 is 2.57 bits per heavy atom. The van der Waals surface area contributed by atoms with Crippen molar-refractivity contribution in [3.63, 3.8) is 0 Å². The van der Waals surface area contributed by atoms with E-state index >= 15 is 0 Å². The van der Waals surface area contributed by atoms with Gasteiger partial charge in [0.15, 0.2) is 24.8 Å². The van der Waals surface area contributed by atoms with Crippen LogP contribution in [0.4, 0.5) is 4.39 Å². The number of amides is 1. The van der Waals surface area contributed by atoms with E-state index in [1.54, 1.807) is 26.8 Å².